The van der Waals surface area contributed by atoms with E-state index in [0.717, 1.165) is 0 Å². The second-order valence-electron chi connectivity index (χ2n) is 7.00. The summed E-state index contributed by atoms with van der Waals surface area (Å²) in [7, 11) is -3.86. The lowest BCUT2D eigenvalue weighted by Gasteiger charge is -2.21. The molecule has 0 aliphatic carbocycles. The Morgan fingerprint density at radius 2 is 1.97 bits per heavy atom. The van der Waals surface area contributed by atoms with Crippen LogP contribution in [0.5, 0.6) is 0 Å². The minimum absolute atomic E-state index is 0.0163. The van der Waals surface area contributed by atoms with Gasteiger partial charge in [0.05, 0.1) is 17.4 Å². The lowest BCUT2D eigenvalue weighted by Crippen LogP contribution is -2.34. The molecule has 2 rings (SSSR count). The van der Waals surface area contributed by atoms with Gasteiger partial charge in [-0.15, -0.1) is 0 Å². The number of anilines is 2. The molecule has 158 valence electrons. The molecule has 0 radical (unpaired) electrons. The van der Waals surface area contributed by atoms with E-state index in [1.165, 1.54) is 30.3 Å². The van der Waals surface area contributed by atoms with Crippen molar-refractivity contribution in [1.29, 1.82) is 0 Å². The molecule has 0 unspecified atom stereocenters. The van der Waals surface area contributed by atoms with Crippen LogP contribution in [0.15, 0.2) is 39.8 Å². The van der Waals surface area contributed by atoms with Crippen molar-refractivity contribution >= 4 is 33.8 Å². The molecule has 3 N–H and O–H groups in total. The molecule has 0 aliphatic heterocycles. The van der Waals surface area contributed by atoms with Crippen LogP contribution in [0.1, 0.15) is 26.0 Å². The Kier molecular flexibility index (Phi) is 7.35. The predicted molar refractivity (Wildman–Crippen MR) is 105 cm³/mol. The highest BCUT2D eigenvalue weighted by molar-refractivity contribution is 7.92. The van der Waals surface area contributed by atoms with E-state index in [0.29, 0.717) is 22.9 Å². The van der Waals surface area contributed by atoms with Gasteiger partial charge in [0.1, 0.15) is 5.76 Å². The number of hydrogen-bond acceptors (Lipinski definition) is 7. The Morgan fingerprint density at radius 3 is 2.48 bits per heavy atom. The minimum Gasteiger partial charge on any atom is -0.360 e. The van der Waals surface area contributed by atoms with Crippen LogP contribution < -0.4 is 10.0 Å². The number of amides is 2. The van der Waals surface area contributed by atoms with Crippen LogP contribution in [0.2, 0.25) is 0 Å². The summed E-state index contributed by atoms with van der Waals surface area (Å²) >= 11 is 0. The highest BCUT2D eigenvalue weighted by Gasteiger charge is 2.23. The monoisotopic (exact) mass is 424 g/mol. The molecule has 0 fully saturated rings. The van der Waals surface area contributed by atoms with E-state index in [2.05, 4.69) is 15.2 Å². The normalized spacial score (nSPS) is 12.4. The third kappa shape index (κ3) is 6.57. The van der Waals surface area contributed by atoms with Crippen LogP contribution in [-0.4, -0.2) is 42.7 Å². The van der Waals surface area contributed by atoms with E-state index in [1.54, 1.807) is 6.92 Å². The van der Waals surface area contributed by atoms with E-state index in [9.17, 15) is 23.2 Å². The molecule has 1 atom stereocenters. The zero-order valence-corrected chi connectivity index (χ0v) is 17.1. The molecular weight excluding hydrogens is 400 g/mol. The highest BCUT2D eigenvalue weighted by atomic mass is 32.2. The molecular formula is C18H24N4O6S. The summed E-state index contributed by atoms with van der Waals surface area (Å²) in [6.07, 6.45) is 0.702. The van der Waals surface area contributed by atoms with Crippen LogP contribution in [-0.2, 0) is 19.6 Å². The molecule has 0 spiro atoms. The Bertz CT molecular complexity index is 940. The highest BCUT2D eigenvalue weighted by Crippen LogP contribution is 2.20. The summed E-state index contributed by atoms with van der Waals surface area (Å²) in [5.74, 6) is -0.297. The lowest BCUT2D eigenvalue weighted by atomic mass is 9.96. The van der Waals surface area contributed by atoms with Gasteiger partial charge in [-0.05, 0) is 43.5 Å². The SMILES string of the molecule is Cc1cc(NS(=O)(=O)c2ccc(NC(=O)[C@H](CC(C)C)CN(O)C=O)cc2)no1. The first-order valence-electron chi connectivity index (χ1n) is 8.88. The first kappa shape index (κ1) is 22.4. The van der Waals surface area contributed by atoms with Crippen LogP contribution >= 0.6 is 0 Å². The van der Waals surface area contributed by atoms with Crippen molar-refractivity contribution in [2.24, 2.45) is 11.8 Å². The fourth-order valence-corrected chi connectivity index (χ4v) is 3.66. The van der Waals surface area contributed by atoms with E-state index >= 15 is 0 Å². The maximum absolute atomic E-state index is 12.5. The van der Waals surface area contributed by atoms with Crippen molar-refractivity contribution in [2.45, 2.75) is 32.1 Å². The maximum atomic E-state index is 12.5. The van der Waals surface area contributed by atoms with Gasteiger partial charge in [0.25, 0.3) is 10.0 Å². The summed E-state index contributed by atoms with van der Waals surface area (Å²) < 4.78 is 31.9. The Morgan fingerprint density at radius 1 is 1.31 bits per heavy atom. The zero-order valence-electron chi connectivity index (χ0n) is 16.3. The minimum atomic E-state index is -3.86. The third-order valence-corrected chi connectivity index (χ3v) is 5.33. The first-order chi connectivity index (χ1) is 13.6. The van der Waals surface area contributed by atoms with Gasteiger partial charge in [-0.2, -0.15) is 0 Å². The van der Waals surface area contributed by atoms with Crippen LogP contribution in [0, 0.1) is 18.8 Å². The van der Waals surface area contributed by atoms with Crippen molar-refractivity contribution in [3.05, 3.63) is 36.1 Å². The summed E-state index contributed by atoms with van der Waals surface area (Å²) in [4.78, 5) is 23.1. The van der Waals surface area contributed by atoms with Crippen LogP contribution in [0.25, 0.3) is 0 Å². The third-order valence-electron chi connectivity index (χ3n) is 3.95. The standard InChI is InChI=1S/C18H24N4O6S/c1-12(2)8-14(10-22(25)11-23)18(24)19-15-4-6-16(7-5-15)29(26,27)21-17-9-13(3)28-20-17/h4-7,9,11-12,14,25H,8,10H2,1-3H3,(H,19,24)(H,20,21)/t14-/m1/s1. The van der Waals surface area contributed by atoms with E-state index < -0.39 is 15.9 Å². The Balaban J connectivity index is 2.08. The van der Waals surface area contributed by atoms with Crippen molar-refractivity contribution < 1.29 is 27.7 Å². The van der Waals surface area contributed by atoms with Crippen molar-refractivity contribution in [3.8, 4) is 0 Å². The molecule has 1 heterocycles. The number of rotatable bonds is 10. The van der Waals surface area contributed by atoms with Crippen molar-refractivity contribution in [3.63, 3.8) is 0 Å². The number of aromatic nitrogens is 1. The molecule has 10 nitrogen and oxygen atoms in total. The van der Waals surface area contributed by atoms with E-state index in [4.69, 9.17) is 4.52 Å². The van der Waals surface area contributed by atoms with Crippen molar-refractivity contribution in [1.82, 2.24) is 10.2 Å². The summed E-state index contributed by atoms with van der Waals surface area (Å²) in [5, 5.41) is 16.1. The molecule has 0 aliphatic rings. The summed E-state index contributed by atoms with van der Waals surface area (Å²) in [5.41, 5.74) is 0.385. The van der Waals surface area contributed by atoms with Crippen LogP contribution in [0.4, 0.5) is 11.5 Å². The first-order valence-corrected chi connectivity index (χ1v) is 10.4. The van der Waals surface area contributed by atoms with Crippen LogP contribution in [0.3, 0.4) is 0 Å². The van der Waals surface area contributed by atoms with Gasteiger partial charge in [0, 0.05) is 11.8 Å². The van der Waals surface area contributed by atoms with Gasteiger partial charge >= 0.3 is 0 Å². The lowest BCUT2D eigenvalue weighted by molar-refractivity contribution is -0.154. The number of hydrogen-bond donors (Lipinski definition) is 3. The largest absolute Gasteiger partial charge is 0.360 e. The van der Waals surface area contributed by atoms with Gasteiger partial charge in [-0.1, -0.05) is 19.0 Å². The second-order valence-corrected chi connectivity index (χ2v) is 8.68. The van der Waals surface area contributed by atoms with Gasteiger partial charge in [0.2, 0.25) is 12.3 Å². The van der Waals surface area contributed by atoms with Gasteiger partial charge < -0.3 is 9.84 Å². The number of carbonyl (C=O) groups excluding carboxylic acids is 2. The predicted octanol–water partition coefficient (Wildman–Crippen LogP) is 2.23. The molecule has 0 saturated carbocycles. The second kappa shape index (κ2) is 9.52. The number of hydroxylamine groups is 2. The summed E-state index contributed by atoms with van der Waals surface area (Å²) in [6, 6.07) is 7.02. The number of carbonyl (C=O) groups is 2. The average Bonchev–Trinajstić information content (AvgIpc) is 3.05. The topological polar surface area (TPSA) is 142 Å². The fraction of sp³-hybridized carbons (Fsp3) is 0.389. The number of benzene rings is 1. The quantitative estimate of drug-likeness (QED) is 0.302. The van der Waals surface area contributed by atoms with Crippen molar-refractivity contribution in [2.75, 3.05) is 16.6 Å². The Hall–Kier alpha value is -2.92. The fourth-order valence-electron chi connectivity index (χ4n) is 2.68. The number of nitrogens with one attached hydrogen (secondary N) is 2. The zero-order chi connectivity index (χ0) is 21.6. The molecule has 1 aromatic heterocycles. The van der Waals surface area contributed by atoms with Gasteiger partial charge in [0.15, 0.2) is 5.82 Å². The van der Waals surface area contributed by atoms with E-state index in [1.807, 2.05) is 13.8 Å². The number of nitrogens with zero attached hydrogens (tertiary/aromatic N) is 2. The average molecular weight is 424 g/mol. The molecule has 0 bridgehead atoms. The molecule has 0 saturated heterocycles. The molecule has 2 amide bonds. The molecule has 29 heavy (non-hydrogen) atoms. The Labute approximate surface area is 168 Å². The van der Waals surface area contributed by atoms with E-state index in [-0.39, 0.29) is 35.5 Å². The smallest absolute Gasteiger partial charge is 0.263 e. The molecule has 1 aromatic carbocycles. The maximum Gasteiger partial charge on any atom is 0.263 e. The van der Waals surface area contributed by atoms with Gasteiger partial charge in [-0.25, -0.2) is 13.5 Å². The molecule has 11 heteroatoms. The number of aryl methyl sites for hydroxylation is 1. The summed E-state index contributed by atoms with van der Waals surface area (Å²) in [6.45, 7) is 5.35. The van der Waals surface area contributed by atoms with Gasteiger partial charge in [-0.3, -0.25) is 19.5 Å². The molecule has 2 aromatic rings. The number of sulfonamides is 1.